The van der Waals surface area contributed by atoms with Gasteiger partial charge in [-0.2, -0.15) is 0 Å². The molecule has 0 amide bonds. The molecule has 0 saturated heterocycles. The molecule has 0 aromatic rings. The Bertz CT molecular complexity index is 220. The van der Waals surface area contributed by atoms with E-state index in [-0.39, 0.29) is 8.27 Å². The molecule has 1 unspecified atom stereocenters. The summed E-state index contributed by atoms with van der Waals surface area (Å²) in [5.41, 5.74) is 0. The van der Waals surface area contributed by atoms with Crippen molar-refractivity contribution >= 4 is 16.5 Å². The van der Waals surface area contributed by atoms with Crippen LogP contribution in [0.5, 0.6) is 0 Å². The Labute approximate surface area is 144 Å². The molecular formula is C20H42P2. The van der Waals surface area contributed by atoms with Gasteiger partial charge in [-0.3, -0.25) is 0 Å². The first-order chi connectivity index (χ1) is 10.9. The van der Waals surface area contributed by atoms with E-state index in [1.54, 1.807) is 0 Å². The van der Waals surface area contributed by atoms with Crippen molar-refractivity contribution in [2.45, 2.75) is 104 Å². The Morgan fingerprint density at radius 2 is 1.14 bits per heavy atom. The van der Waals surface area contributed by atoms with Crippen molar-refractivity contribution in [1.29, 1.82) is 0 Å². The van der Waals surface area contributed by atoms with Gasteiger partial charge in [0.05, 0.1) is 0 Å². The zero-order valence-corrected chi connectivity index (χ0v) is 17.8. The molecule has 0 nitrogen and oxygen atoms in total. The first kappa shape index (κ1) is 22.3. The van der Waals surface area contributed by atoms with E-state index in [9.17, 15) is 0 Å². The van der Waals surface area contributed by atoms with Crippen LogP contribution in [0.2, 0.25) is 0 Å². The molecule has 0 saturated carbocycles. The van der Waals surface area contributed by atoms with Crippen molar-refractivity contribution in [3.63, 3.8) is 0 Å². The molecule has 22 heavy (non-hydrogen) atoms. The molecule has 0 aromatic carbocycles. The van der Waals surface area contributed by atoms with Crippen LogP contribution in [0.15, 0.2) is 23.8 Å². The molecule has 0 spiro atoms. The molecule has 132 valence electrons. The van der Waals surface area contributed by atoms with Crippen LogP contribution in [0.3, 0.4) is 0 Å². The summed E-state index contributed by atoms with van der Waals surface area (Å²) in [7, 11) is 1.20. The van der Waals surface area contributed by atoms with Crippen LogP contribution in [0.4, 0.5) is 0 Å². The van der Waals surface area contributed by atoms with Crippen LogP contribution in [0, 0.1) is 0 Å². The molecule has 0 aromatic heterocycles. The molecule has 1 atom stereocenters. The summed E-state index contributed by atoms with van der Waals surface area (Å²) < 4.78 is 0. The SMILES string of the molecule is CCCCCCCC/C=C/P[PH3]/C=C/CCCCCCCC. The predicted octanol–water partition coefficient (Wildman–Crippen LogP) is 8.25. The first-order valence-corrected chi connectivity index (χ1v) is 14.2. The van der Waals surface area contributed by atoms with E-state index in [0.717, 1.165) is 8.27 Å². The van der Waals surface area contributed by atoms with Crippen LogP contribution in [0.25, 0.3) is 0 Å². The van der Waals surface area contributed by atoms with E-state index in [4.69, 9.17) is 0 Å². The summed E-state index contributed by atoms with van der Waals surface area (Å²) in [5, 5.41) is 0. The molecule has 0 aliphatic carbocycles. The third-order valence-corrected chi connectivity index (χ3v) is 7.48. The van der Waals surface area contributed by atoms with Crippen molar-refractivity contribution in [3.05, 3.63) is 23.8 Å². The van der Waals surface area contributed by atoms with Gasteiger partial charge >= 0.3 is 144 Å². The zero-order chi connectivity index (χ0) is 16.1. The molecular weight excluding hydrogens is 302 g/mol. The van der Waals surface area contributed by atoms with Gasteiger partial charge < -0.3 is 0 Å². The van der Waals surface area contributed by atoms with Crippen molar-refractivity contribution in [2.24, 2.45) is 0 Å². The second-order valence-electron chi connectivity index (χ2n) is 6.39. The topological polar surface area (TPSA) is 0 Å². The van der Waals surface area contributed by atoms with E-state index < -0.39 is 0 Å². The standard InChI is InChI=1S/C20H42P2/c1-3-5-7-9-11-13-15-17-19-21-22-20-18-16-14-12-10-8-6-4-2/h17-21H,3-16H2,1-2,22H3/b19-17+,20-18+. The Morgan fingerprint density at radius 1 is 0.636 bits per heavy atom. The van der Waals surface area contributed by atoms with Crippen LogP contribution in [-0.4, -0.2) is 0 Å². The Kier molecular flexibility index (Phi) is 21.7. The van der Waals surface area contributed by atoms with Crippen LogP contribution in [0.1, 0.15) is 104 Å². The maximum atomic E-state index is 2.53. The van der Waals surface area contributed by atoms with Crippen LogP contribution in [-0.2, 0) is 0 Å². The monoisotopic (exact) mass is 344 g/mol. The normalized spacial score (nSPS) is 12.6. The van der Waals surface area contributed by atoms with Crippen LogP contribution < -0.4 is 0 Å². The average molecular weight is 345 g/mol. The van der Waals surface area contributed by atoms with Gasteiger partial charge in [-0.1, -0.05) is 0 Å². The fourth-order valence-electron chi connectivity index (χ4n) is 2.59. The van der Waals surface area contributed by atoms with Gasteiger partial charge in [0.1, 0.15) is 0 Å². The van der Waals surface area contributed by atoms with Crippen LogP contribution >= 0.6 is 16.5 Å². The van der Waals surface area contributed by atoms with E-state index in [1.165, 1.54) is 89.9 Å². The van der Waals surface area contributed by atoms with E-state index in [2.05, 4.69) is 37.6 Å². The summed E-state index contributed by atoms with van der Waals surface area (Å²) in [6.07, 6.45) is 24.6. The number of allylic oxidation sites excluding steroid dienone is 2. The van der Waals surface area contributed by atoms with Gasteiger partial charge in [0.25, 0.3) is 0 Å². The third kappa shape index (κ3) is 20.3. The summed E-state index contributed by atoms with van der Waals surface area (Å²) in [6.45, 7) is 4.58. The number of unbranched alkanes of at least 4 members (excludes halogenated alkanes) is 12. The van der Waals surface area contributed by atoms with Crippen molar-refractivity contribution in [3.8, 4) is 0 Å². The quantitative estimate of drug-likeness (QED) is 0.184. The third-order valence-electron chi connectivity index (χ3n) is 4.09. The molecule has 0 heterocycles. The Morgan fingerprint density at radius 3 is 1.73 bits per heavy atom. The van der Waals surface area contributed by atoms with E-state index in [0.29, 0.717) is 0 Å². The van der Waals surface area contributed by atoms with Gasteiger partial charge in [-0.15, -0.1) is 0 Å². The molecule has 0 rings (SSSR count). The molecule has 0 N–H and O–H groups in total. The fraction of sp³-hybridized carbons (Fsp3) is 0.800. The summed E-state index contributed by atoms with van der Waals surface area (Å²) in [5.74, 6) is 4.99. The van der Waals surface area contributed by atoms with E-state index >= 15 is 0 Å². The summed E-state index contributed by atoms with van der Waals surface area (Å²) >= 11 is 0. The van der Waals surface area contributed by atoms with E-state index in [1.807, 2.05) is 0 Å². The number of hydrogen-bond acceptors (Lipinski definition) is 0. The minimum atomic E-state index is 0.0734. The van der Waals surface area contributed by atoms with Gasteiger partial charge in [0, 0.05) is 0 Å². The number of hydrogen-bond donors (Lipinski definition) is 0. The molecule has 0 aliphatic rings. The summed E-state index contributed by atoms with van der Waals surface area (Å²) in [6, 6.07) is 0. The van der Waals surface area contributed by atoms with Gasteiger partial charge in [0.2, 0.25) is 0 Å². The van der Waals surface area contributed by atoms with Gasteiger partial charge in [-0.05, 0) is 0 Å². The second-order valence-corrected chi connectivity index (χ2v) is 10.5. The van der Waals surface area contributed by atoms with Gasteiger partial charge in [0.15, 0.2) is 0 Å². The second kappa shape index (κ2) is 21.3. The molecule has 0 radical (unpaired) electrons. The molecule has 0 fully saturated rings. The Hall–Kier alpha value is 0.340. The molecule has 2 heteroatoms. The maximum absolute atomic E-state index is 2.53. The minimum absolute atomic E-state index is 0.0734. The fourth-order valence-corrected chi connectivity index (χ4v) is 5.41. The number of rotatable bonds is 17. The average Bonchev–Trinajstić information content (AvgIpc) is 2.54. The Balaban J connectivity index is 3.14. The van der Waals surface area contributed by atoms with Gasteiger partial charge in [-0.25, -0.2) is 0 Å². The summed E-state index contributed by atoms with van der Waals surface area (Å²) in [4.78, 5) is 0. The molecule has 0 aliphatic heterocycles. The van der Waals surface area contributed by atoms with Crippen molar-refractivity contribution in [2.75, 3.05) is 0 Å². The van der Waals surface area contributed by atoms with Crippen molar-refractivity contribution in [1.82, 2.24) is 0 Å². The zero-order valence-electron chi connectivity index (χ0n) is 15.4. The first-order valence-electron chi connectivity index (χ1n) is 9.95. The predicted molar refractivity (Wildman–Crippen MR) is 114 cm³/mol. The van der Waals surface area contributed by atoms with Crippen molar-refractivity contribution < 1.29 is 0 Å². The molecule has 0 bridgehead atoms.